The largest absolute Gasteiger partial charge is 3.00 e. The Hall–Kier alpha value is -1.69. The van der Waals surface area contributed by atoms with E-state index in [1.165, 1.54) is 0 Å². The van der Waals surface area contributed by atoms with Crippen molar-refractivity contribution in [2.45, 2.75) is 62.3 Å². The molecule has 171 valence electrons. The van der Waals surface area contributed by atoms with Crippen molar-refractivity contribution in [1.82, 2.24) is 0 Å². The standard InChI is InChI=1S/3C9H12O.Er/c3*1-6-4-7(2)9(10)8(3)5-6;/h3*4-5,10H,1-3H3;/q;;;+3/p-3. The van der Waals surface area contributed by atoms with Gasteiger partial charge in [-0.15, -0.1) is 17.2 Å². The summed E-state index contributed by atoms with van der Waals surface area (Å²) in [7, 11) is 0. The van der Waals surface area contributed by atoms with E-state index >= 15 is 0 Å². The van der Waals surface area contributed by atoms with Gasteiger partial charge in [0, 0.05) is 0 Å². The van der Waals surface area contributed by atoms with Crippen LogP contribution in [0.5, 0.6) is 17.2 Å². The average molecular weight is 573 g/mol. The summed E-state index contributed by atoms with van der Waals surface area (Å²) in [5.74, 6) is 0.516. The molecular weight excluding hydrogens is 540 g/mol. The van der Waals surface area contributed by atoms with E-state index in [0.717, 1.165) is 50.1 Å². The number of aryl methyl sites for hydroxylation is 9. The topological polar surface area (TPSA) is 69.2 Å². The van der Waals surface area contributed by atoms with Gasteiger partial charge in [-0.1, -0.05) is 86.5 Å². The molecule has 0 aromatic heterocycles. The second-order valence-electron chi connectivity index (χ2n) is 8.18. The van der Waals surface area contributed by atoms with Crippen molar-refractivity contribution in [3.8, 4) is 17.2 Å². The van der Waals surface area contributed by atoms with E-state index in [-0.39, 0.29) is 54.6 Å². The predicted octanol–water partition coefficient (Wildman–Crippen LogP) is 5.06. The zero-order chi connectivity index (χ0) is 23.2. The van der Waals surface area contributed by atoms with Crippen molar-refractivity contribution in [3.63, 3.8) is 0 Å². The molecule has 0 fully saturated rings. The van der Waals surface area contributed by atoms with E-state index < -0.39 is 0 Å². The van der Waals surface area contributed by atoms with Crippen molar-refractivity contribution in [2.75, 3.05) is 0 Å². The molecular formula is C27H33ErO3. The van der Waals surface area contributed by atoms with Crippen LogP contribution in [0.2, 0.25) is 0 Å². The molecule has 0 saturated carbocycles. The van der Waals surface area contributed by atoms with Gasteiger partial charge in [-0.25, -0.2) is 0 Å². The number of hydrogen-bond acceptors (Lipinski definition) is 3. The van der Waals surface area contributed by atoms with Crippen molar-refractivity contribution >= 4 is 0 Å². The molecule has 0 heterocycles. The number of rotatable bonds is 0. The normalized spacial score (nSPS) is 9.58. The first-order valence-corrected chi connectivity index (χ1v) is 10.1. The second kappa shape index (κ2) is 13.0. The first-order chi connectivity index (χ1) is 13.8. The maximum atomic E-state index is 11.1. The van der Waals surface area contributed by atoms with Gasteiger partial charge in [0.05, 0.1) is 0 Å². The Morgan fingerprint density at radius 1 is 0.355 bits per heavy atom. The van der Waals surface area contributed by atoms with Gasteiger partial charge in [-0.2, -0.15) is 0 Å². The molecule has 0 amide bonds. The quantitative estimate of drug-likeness (QED) is 0.378. The fourth-order valence-electron chi connectivity index (χ4n) is 3.50. The summed E-state index contributed by atoms with van der Waals surface area (Å²) in [5, 5.41) is 33.4. The van der Waals surface area contributed by atoms with Gasteiger partial charge in [0.1, 0.15) is 0 Å². The molecule has 0 spiro atoms. The van der Waals surface area contributed by atoms with Gasteiger partial charge < -0.3 is 15.3 Å². The summed E-state index contributed by atoms with van der Waals surface area (Å²) >= 11 is 0. The average Bonchev–Trinajstić information content (AvgIpc) is 2.63. The smallest absolute Gasteiger partial charge is 0.872 e. The fourth-order valence-corrected chi connectivity index (χ4v) is 3.50. The summed E-state index contributed by atoms with van der Waals surface area (Å²) in [6.45, 7) is 17.1. The molecule has 0 aliphatic heterocycles. The SMILES string of the molecule is Cc1cc(C)c([O-])c(C)c1.Cc1cc(C)c([O-])c(C)c1.Cc1cc(C)c([O-])c(C)c1.[Er+3]. The molecule has 0 atom stereocenters. The predicted molar refractivity (Wildman–Crippen MR) is 120 cm³/mol. The zero-order valence-electron chi connectivity index (χ0n) is 20.0. The minimum atomic E-state index is 0. The van der Waals surface area contributed by atoms with Crippen molar-refractivity contribution in [1.29, 1.82) is 0 Å². The third kappa shape index (κ3) is 9.14. The molecule has 0 aliphatic rings. The van der Waals surface area contributed by atoms with Crippen molar-refractivity contribution < 1.29 is 52.6 Å². The van der Waals surface area contributed by atoms with Gasteiger partial charge in [-0.3, -0.25) is 0 Å². The molecule has 1 radical (unpaired) electrons. The molecule has 3 nitrogen and oxygen atoms in total. The summed E-state index contributed by atoms with van der Waals surface area (Å²) in [6.07, 6.45) is 0. The molecule has 0 unspecified atom stereocenters. The van der Waals surface area contributed by atoms with Crippen LogP contribution in [0.15, 0.2) is 36.4 Å². The van der Waals surface area contributed by atoms with Crippen LogP contribution in [0.3, 0.4) is 0 Å². The van der Waals surface area contributed by atoms with Crippen LogP contribution in [-0.2, 0) is 0 Å². The van der Waals surface area contributed by atoms with Gasteiger partial charge in [-0.05, 0) is 62.3 Å². The van der Waals surface area contributed by atoms with E-state index in [9.17, 15) is 15.3 Å². The molecule has 0 N–H and O–H groups in total. The van der Waals surface area contributed by atoms with Crippen LogP contribution in [0.4, 0.5) is 0 Å². The van der Waals surface area contributed by atoms with Gasteiger partial charge in [0.15, 0.2) is 0 Å². The van der Waals surface area contributed by atoms with Gasteiger partial charge in [0.2, 0.25) is 0 Å². The van der Waals surface area contributed by atoms with Crippen molar-refractivity contribution in [2.24, 2.45) is 0 Å². The molecule has 0 saturated heterocycles. The zero-order valence-corrected chi connectivity index (χ0v) is 21.8. The summed E-state index contributed by atoms with van der Waals surface area (Å²) in [5.41, 5.74) is 8.55. The molecule has 3 aromatic carbocycles. The maximum Gasteiger partial charge on any atom is 3.00 e. The van der Waals surface area contributed by atoms with Crippen molar-refractivity contribution in [3.05, 3.63) is 86.5 Å². The first-order valence-electron chi connectivity index (χ1n) is 10.1. The minimum absolute atomic E-state index is 0. The number of hydrogen-bond donors (Lipinski definition) is 0. The molecule has 0 bridgehead atoms. The van der Waals surface area contributed by atoms with Crippen LogP contribution in [0.1, 0.15) is 50.1 Å². The van der Waals surface area contributed by atoms with Gasteiger partial charge >= 0.3 is 37.3 Å². The first kappa shape index (κ1) is 29.3. The molecule has 31 heavy (non-hydrogen) atoms. The van der Waals surface area contributed by atoms with E-state index in [0.29, 0.717) is 0 Å². The van der Waals surface area contributed by atoms with E-state index in [1.54, 1.807) is 0 Å². The maximum absolute atomic E-state index is 11.1. The fraction of sp³-hybridized carbons (Fsp3) is 0.333. The molecule has 0 aliphatic carbocycles. The third-order valence-corrected chi connectivity index (χ3v) is 4.81. The second-order valence-corrected chi connectivity index (χ2v) is 8.18. The molecule has 4 heteroatoms. The summed E-state index contributed by atoms with van der Waals surface area (Å²) in [4.78, 5) is 0. The minimum Gasteiger partial charge on any atom is -0.872 e. The van der Waals surface area contributed by atoms with E-state index in [1.807, 2.05) is 98.7 Å². The van der Waals surface area contributed by atoms with E-state index in [2.05, 4.69) is 0 Å². The Morgan fingerprint density at radius 3 is 0.613 bits per heavy atom. The Morgan fingerprint density at radius 2 is 0.484 bits per heavy atom. The van der Waals surface area contributed by atoms with Crippen LogP contribution in [0.25, 0.3) is 0 Å². The Labute approximate surface area is 217 Å². The summed E-state index contributed by atoms with van der Waals surface area (Å²) in [6, 6.07) is 11.5. The van der Waals surface area contributed by atoms with Crippen LogP contribution >= 0.6 is 0 Å². The molecule has 3 rings (SSSR count). The van der Waals surface area contributed by atoms with Gasteiger partial charge in [0.25, 0.3) is 0 Å². The van der Waals surface area contributed by atoms with E-state index in [4.69, 9.17) is 0 Å². The Balaban J connectivity index is 0.000000429. The summed E-state index contributed by atoms with van der Waals surface area (Å²) < 4.78 is 0. The van der Waals surface area contributed by atoms with Crippen LogP contribution in [0, 0.1) is 99.6 Å². The van der Waals surface area contributed by atoms with Crippen LogP contribution in [-0.4, -0.2) is 0 Å². The molecule has 3 aromatic rings. The third-order valence-electron chi connectivity index (χ3n) is 4.81. The monoisotopic (exact) mass is 571 g/mol. The Kier molecular flexibility index (Phi) is 12.3. The Bertz CT molecular complexity index is 822. The van der Waals surface area contributed by atoms with Crippen LogP contribution < -0.4 is 15.3 Å². The number of benzene rings is 3.